The molecular formula is C27H35N3O4. The smallest absolute Gasteiger partial charge is 0.337 e. The Labute approximate surface area is 202 Å². The number of carbonyl (C=O) groups excluding carboxylic acids is 2. The maximum Gasteiger partial charge on any atom is 0.337 e. The summed E-state index contributed by atoms with van der Waals surface area (Å²) in [5.41, 5.74) is 2.18. The highest BCUT2D eigenvalue weighted by Crippen LogP contribution is 2.22. The van der Waals surface area contributed by atoms with Crippen molar-refractivity contribution >= 4 is 17.6 Å². The maximum atomic E-state index is 12.8. The van der Waals surface area contributed by atoms with Gasteiger partial charge in [0.2, 0.25) is 0 Å². The van der Waals surface area contributed by atoms with Gasteiger partial charge in [-0.3, -0.25) is 4.79 Å². The van der Waals surface area contributed by atoms with E-state index >= 15 is 0 Å². The minimum atomic E-state index is -0.401. The number of anilines is 1. The molecule has 0 aliphatic carbocycles. The molecule has 7 heteroatoms. The molecule has 7 nitrogen and oxygen atoms in total. The molecule has 0 saturated carbocycles. The fourth-order valence-electron chi connectivity index (χ4n) is 4.63. The first-order valence-corrected chi connectivity index (χ1v) is 12.3. The van der Waals surface area contributed by atoms with Gasteiger partial charge in [0.15, 0.2) is 0 Å². The molecule has 0 bridgehead atoms. The van der Waals surface area contributed by atoms with Crippen LogP contribution in [0.1, 0.15) is 46.4 Å². The lowest BCUT2D eigenvalue weighted by Gasteiger charge is -2.36. The van der Waals surface area contributed by atoms with Gasteiger partial charge in [0, 0.05) is 44.0 Å². The van der Waals surface area contributed by atoms with Crippen molar-refractivity contribution in [1.82, 2.24) is 9.80 Å². The molecule has 0 radical (unpaired) electrons. The molecule has 0 atom stereocenters. The molecule has 2 aromatic carbocycles. The molecule has 2 aliphatic rings. The lowest BCUT2D eigenvalue weighted by Crippen LogP contribution is -2.48. The Bertz CT molecular complexity index is 931. The van der Waals surface area contributed by atoms with E-state index in [2.05, 4.69) is 21.9 Å². The second kappa shape index (κ2) is 11.9. The van der Waals surface area contributed by atoms with Crippen molar-refractivity contribution in [3.8, 4) is 5.75 Å². The number of carbonyl (C=O) groups is 2. The molecular weight excluding hydrogens is 430 g/mol. The first-order valence-electron chi connectivity index (χ1n) is 12.3. The van der Waals surface area contributed by atoms with E-state index < -0.39 is 5.97 Å². The highest BCUT2D eigenvalue weighted by Gasteiger charge is 2.22. The number of benzene rings is 2. The SMILES string of the molecule is COC(=O)c1ccc(C(=O)N2CCN(c3ccc(OCCCN4CCCCC4)cc3)CC2)cc1. The third-order valence-corrected chi connectivity index (χ3v) is 6.66. The number of methoxy groups -OCH3 is 1. The molecule has 4 rings (SSSR count). The molecule has 34 heavy (non-hydrogen) atoms. The van der Waals surface area contributed by atoms with Crippen LogP contribution in [-0.4, -0.2) is 81.2 Å². The van der Waals surface area contributed by atoms with Crippen molar-refractivity contribution in [2.24, 2.45) is 0 Å². The summed E-state index contributed by atoms with van der Waals surface area (Å²) >= 11 is 0. The zero-order valence-corrected chi connectivity index (χ0v) is 20.1. The molecule has 0 spiro atoms. The van der Waals surface area contributed by atoms with Gasteiger partial charge in [0.25, 0.3) is 5.91 Å². The number of ether oxygens (including phenoxy) is 2. The van der Waals surface area contributed by atoms with E-state index in [0.717, 1.165) is 44.1 Å². The molecule has 182 valence electrons. The molecule has 0 aromatic heterocycles. The van der Waals surface area contributed by atoms with E-state index in [1.165, 1.54) is 39.5 Å². The number of hydrogen-bond donors (Lipinski definition) is 0. The summed E-state index contributed by atoms with van der Waals surface area (Å²) < 4.78 is 10.7. The molecule has 1 amide bonds. The first kappa shape index (κ1) is 24.1. The Kier molecular flexibility index (Phi) is 8.41. The lowest BCUT2D eigenvalue weighted by atomic mass is 10.1. The summed E-state index contributed by atoms with van der Waals surface area (Å²) in [4.78, 5) is 31.1. The highest BCUT2D eigenvalue weighted by atomic mass is 16.5. The van der Waals surface area contributed by atoms with Crippen molar-refractivity contribution in [3.63, 3.8) is 0 Å². The van der Waals surface area contributed by atoms with Gasteiger partial charge in [-0.1, -0.05) is 6.42 Å². The molecule has 2 fully saturated rings. The predicted molar refractivity (Wildman–Crippen MR) is 133 cm³/mol. The number of esters is 1. The van der Waals surface area contributed by atoms with Gasteiger partial charge >= 0.3 is 5.97 Å². The average molecular weight is 466 g/mol. The van der Waals surface area contributed by atoms with Gasteiger partial charge in [0.1, 0.15) is 5.75 Å². The van der Waals surface area contributed by atoms with Crippen molar-refractivity contribution in [2.75, 3.05) is 64.4 Å². The van der Waals surface area contributed by atoms with E-state index in [-0.39, 0.29) is 5.91 Å². The van der Waals surface area contributed by atoms with Crippen LogP contribution in [0.15, 0.2) is 48.5 Å². The van der Waals surface area contributed by atoms with Gasteiger partial charge in [-0.2, -0.15) is 0 Å². The summed E-state index contributed by atoms with van der Waals surface area (Å²) in [6.45, 7) is 7.21. The average Bonchev–Trinajstić information content (AvgIpc) is 2.91. The van der Waals surface area contributed by atoms with Crippen LogP contribution in [0.5, 0.6) is 5.75 Å². The Hall–Kier alpha value is -3.06. The lowest BCUT2D eigenvalue weighted by molar-refractivity contribution is 0.0599. The fraction of sp³-hybridized carbons (Fsp3) is 0.481. The summed E-state index contributed by atoms with van der Waals surface area (Å²) in [5.74, 6) is 0.498. The standard InChI is InChI=1S/C27H35N3O4/c1-33-27(32)23-8-6-22(7-9-23)26(31)30-19-17-29(18-20-30)24-10-12-25(13-11-24)34-21-5-16-28-14-3-2-4-15-28/h6-13H,2-5,14-21H2,1H3. The van der Waals surface area contributed by atoms with Crippen LogP contribution in [-0.2, 0) is 4.74 Å². The van der Waals surface area contributed by atoms with Crippen LogP contribution in [0.4, 0.5) is 5.69 Å². The van der Waals surface area contributed by atoms with Crippen LogP contribution >= 0.6 is 0 Å². The van der Waals surface area contributed by atoms with Gasteiger partial charge in [-0.15, -0.1) is 0 Å². The largest absolute Gasteiger partial charge is 0.494 e. The summed E-state index contributed by atoms with van der Waals surface area (Å²) in [6, 6.07) is 14.9. The molecule has 0 N–H and O–H groups in total. The van der Waals surface area contributed by atoms with Crippen LogP contribution < -0.4 is 9.64 Å². The normalized spacial score (nSPS) is 16.9. The van der Waals surface area contributed by atoms with E-state index in [1.54, 1.807) is 24.3 Å². The fourth-order valence-corrected chi connectivity index (χ4v) is 4.63. The number of piperidine rings is 1. The highest BCUT2D eigenvalue weighted by molar-refractivity contribution is 5.96. The Morgan fingerprint density at radius 3 is 2.09 bits per heavy atom. The molecule has 2 saturated heterocycles. The number of amides is 1. The summed E-state index contributed by atoms with van der Waals surface area (Å²) in [5, 5.41) is 0. The second-order valence-electron chi connectivity index (χ2n) is 8.95. The Balaban J connectivity index is 1.20. The van der Waals surface area contributed by atoms with Crippen LogP contribution in [0.25, 0.3) is 0 Å². The molecule has 2 aromatic rings. The maximum absolute atomic E-state index is 12.8. The minimum absolute atomic E-state index is 0.00985. The predicted octanol–water partition coefficient (Wildman–Crippen LogP) is 3.69. The number of nitrogens with zero attached hydrogens (tertiary/aromatic N) is 3. The number of piperazine rings is 1. The van der Waals surface area contributed by atoms with Gasteiger partial charge < -0.3 is 24.2 Å². The van der Waals surface area contributed by atoms with E-state index in [0.29, 0.717) is 24.2 Å². The Morgan fingerprint density at radius 1 is 0.794 bits per heavy atom. The molecule has 0 unspecified atom stereocenters. The number of likely N-dealkylation sites (tertiary alicyclic amines) is 1. The zero-order valence-electron chi connectivity index (χ0n) is 20.1. The topological polar surface area (TPSA) is 62.3 Å². The third-order valence-electron chi connectivity index (χ3n) is 6.66. The van der Waals surface area contributed by atoms with E-state index in [9.17, 15) is 9.59 Å². The van der Waals surface area contributed by atoms with Gasteiger partial charge in [0.05, 0.1) is 19.3 Å². The Morgan fingerprint density at radius 2 is 1.44 bits per heavy atom. The van der Waals surface area contributed by atoms with Gasteiger partial charge in [-0.05, 0) is 80.9 Å². The van der Waals surface area contributed by atoms with E-state index in [4.69, 9.17) is 9.47 Å². The first-order chi connectivity index (χ1) is 16.6. The second-order valence-corrected chi connectivity index (χ2v) is 8.95. The third kappa shape index (κ3) is 6.29. The quantitative estimate of drug-likeness (QED) is 0.438. The van der Waals surface area contributed by atoms with Crippen LogP contribution in [0.3, 0.4) is 0 Å². The van der Waals surface area contributed by atoms with Crippen molar-refractivity contribution in [3.05, 3.63) is 59.7 Å². The molecule has 2 heterocycles. The monoisotopic (exact) mass is 465 g/mol. The van der Waals surface area contributed by atoms with Crippen LogP contribution in [0.2, 0.25) is 0 Å². The number of rotatable bonds is 8. The minimum Gasteiger partial charge on any atom is -0.494 e. The number of hydrogen-bond acceptors (Lipinski definition) is 6. The van der Waals surface area contributed by atoms with Crippen LogP contribution in [0, 0.1) is 0 Å². The van der Waals surface area contributed by atoms with Crippen molar-refractivity contribution < 1.29 is 19.1 Å². The van der Waals surface area contributed by atoms with Crippen molar-refractivity contribution in [1.29, 1.82) is 0 Å². The van der Waals surface area contributed by atoms with Gasteiger partial charge in [-0.25, -0.2) is 4.79 Å². The van der Waals surface area contributed by atoms with Crippen molar-refractivity contribution in [2.45, 2.75) is 25.7 Å². The molecule has 2 aliphatic heterocycles. The summed E-state index contributed by atoms with van der Waals surface area (Å²) in [6.07, 6.45) is 5.09. The zero-order chi connectivity index (χ0) is 23.8. The summed E-state index contributed by atoms with van der Waals surface area (Å²) in [7, 11) is 1.35. The van der Waals surface area contributed by atoms with E-state index in [1.807, 2.05) is 17.0 Å².